The maximum Gasteiger partial charge on any atom is 0.0334 e. The number of hydrogen-bond acceptors (Lipinski definition) is 0. The first-order valence-corrected chi connectivity index (χ1v) is 7.30. The van der Waals surface area contributed by atoms with Gasteiger partial charge in [0.25, 0.3) is 0 Å². The van der Waals surface area contributed by atoms with Gasteiger partial charge >= 0.3 is 0 Å². The Morgan fingerprint density at radius 3 is 2.23 bits per heavy atom. The molecule has 0 aromatic heterocycles. The van der Waals surface area contributed by atoms with Gasteiger partial charge in [0, 0.05) is 17.2 Å². The van der Waals surface area contributed by atoms with Crippen molar-refractivity contribution in [2.75, 3.05) is 0 Å². The van der Waals surface area contributed by atoms with Crippen LogP contribution in [0, 0.1) is 17.9 Å². The quantitative estimate of drug-likeness (QED) is 0.388. The summed E-state index contributed by atoms with van der Waals surface area (Å²) in [7, 11) is 0. The summed E-state index contributed by atoms with van der Waals surface area (Å²) in [6, 6.07) is 30.3. The van der Waals surface area contributed by atoms with Crippen molar-refractivity contribution in [1.82, 2.24) is 0 Å². The average molecular weight is 277 g/mol. The molecule has 4 aromatic rings. The smallest absolute Gasteiger partial charge is 0.0334 e. The van der Waals surface area contributed by atoms with E-state index >= 15 is 0 Å². The van der Waals surface area contributed by atoms with Crippen molar-refractivity contribution in [2.45, 2.75) is 0 Å². The number of fused-ring (bicyclic) bond motifs is 2. The molecule has 4 rings (SSSR count). The third kappa shape index (κ3) is 2.45. The zero-order chi connectivity index (χ0) is 14.8. The van der Waals surface area contributed by atoms with Gasteiger partial charge in [0.15, 0.2) is 0 Å². The molecule has 0 saturated heterocycles. The summed E-state index contributed by atoms with van der Waals surface area (Å²) in [4.78, 5) is 0. The van der Waals surface area contributed by atoms with Crippen LogP contribution in [0.2, 0.25) is 0 Å². The molecule has 0 bridgehead atoms. The first-order valence-electron chi connectivity index (χ1n) is 7.30. The molecule has 0 heterocycles. The summed E-state index contributed by atoms with van der Waals surface area (Å²) >= 11 is 0. The standard InChI is InChI=1S/C22H13/c1-3-7-21-15-17(11-13-19(21)5-1)9-10-18-12-14-20-6-2-4-8-22(20)16-18/h1-8,11-15H. The third-order valence-electron chi connectivity index (χ3n) is 3.75. The Morgan fingerprint density at radius 1 is 0.591 bits per heavy atom. The van der Waals surface area contributed by atoms with E-state index in [1.165, 1.54) is 16.2 Å². The molecule has 22 heavy (non-hydrogen) atoms. The van der Waals surface area contributed by atoms with Gasteiger partial charge in [0.1, 0.15) is 0 Å². The van der Waals surface area contributed by atoms with E-state index in [9.17, 15) is 0 Å². The van der Waals surface area contributed by atoms with Crippen LogP contribution < -0.4 is 0 Å². The molecule has 4 aromatic carbocycles. The molecule has 0 aliphatic rings. The van der Waals surface area contributed by atoms with Crippen LogP contribution in [-0.2, 0) is 0 Å². The van der Waals surface area contributed by atoms with Gasteiger partial charge in [-0.15, -0.1) is 0 Å². The third-order valence-corrected chi connectivity index (χ3v) is 3.75. The number of hydrogen-bond donors (Lipinski definition) is 0. The molecule has 101 valence electrons. The van der Waals surface area contributed by atoms with Crippen molar-refractivity contribution >= 4 is 21.5 Å². The highest BCUT2D eigenvalue weighted by Gasteiger charge is 1.95. The summed E-state index contributed by atoms with van der Waals surface area (Å²) in [6.45, 7) is 0. The van der Waals surface area contributed by atoms with Crippen molar-refractivity contribution in [1.29, 1.82) is 0 Å². The normalized spacial score (nSPS) is 10.4. The minimum atomic E-state index is 0.923. The van der Waals surface area contributed by atoms with Gasteiger partial charge in [-0.2, -0.15) is 0 Å². The molecule has 0 aliphatic carbocycles. The van der Waals surface area contributed by atoms with E-state index < -0.39 is 0 Å². The van der Waals surface area contributed by atoms with E-state index in [4.69, 9.17) is 0 Å². The fraction of sp³-hybridized carbons (Fsp3) is 0. The summed E-state index contributed by atoms with van der Waals surface area (Å²) in [6.07, 6.45) is 0. The van der Waals surface area contributed by atoms with Crippen molar-refractivity contribution in [3.63, 3.8) is 0 Å². The lowest BCUT2D eigenvalue weighted by Gasteiger charge is -1.98. The highest BCUT2D eigenvalue weighted by atomic mass is 14.0. The summed E-state index contributed by atoms with van der Waals surface area (Å²) in [5, 5.41) is 4.76. The highest BCUT2D eigenvalue weighted by molar-refractivity contribution is 5.84. The van der Waals surface area contributed by atoms with Crippen LogP contribution in [0.5, 0.6) is 0 Å². The van der Waals surface area contributed by atoms with E-state index in [0.29, 0.717) is 0 Å². The van der Waals surface area contributed by atoms with Crippen LogP contribution in [0.15, 0.2) is 78.9 Å². The Bertz CT molecular complexity index is 946. The SMILES string of the molecule is C(#Cc1ccc2ccccc2c1)c1[c]c2ccccc2cc1. The van der Waals surface area contributed by atoms with Crippen LogP contribution in [0.4, 0.5) is 0 Å². The van der Waals surface area contributed by atoms with Crippen molar-refractivity contribution in [3.05, 3.63) is 96.1 Å². The molecule has 0 N–H and O–H groups in total. The summed E-state index contributed by atoms with van der Waals surface area (Å²) < 4.78 is 0. The molecular formula is C22H13. The molecular weight excluding hydrogens is 264 g/mol. The predicted molar refractivity (Wildman–Crippen MR) is 92.7 cm³/mol. The zero-order valence-electron chi connectivity index (χ0n) is 12.0. The zero-order valence-corrected chi connectivity index (χ0v) is 12.0. The number of rotatable bonds is 0. The van der Waals surface area contributed by atoms with Gasteiger partial charge in [0.2, 0.25) is 0 Å². The molecule has 0 unspecified atom stereocenters. The molecule has 1 radical (unpaired) electrons. The molecule has 0 amide bonds. The van der Waals surface area contributed by atoms with Crippen molar-refractivity contribution < 1.29 is 0 Å². The van der Waals surface area contributed by atoms with Gasteiger partial charge < -0.3 is 0 Å². The van der Waals surface area contributed by atoms with Gasteiger partial charge in [-0.1, -0.05) is 72.5 Å². The van der Waals surface area contributed by atoms with Gasteiger partial charge in [-0.3, -0.25) is 0 Å². The predicted octanol–water partition coefficient (Wildman–Crippen LogP) is 5.19. The molecule has 0 atom stereocenters. The Labute approximate surface area is 130 Å². The Hall–Kier alpha value is -3.04. The van der Waals surface area contributed by atoms with Crippen LogP contribution in [0.1, 0.15) is 11.1 Å². The topological polar surface area (TPSA) is 0 Å². The molecule has 0 fully saturated rings. The van der Waals surface area contributed by atoms with Gasteiger partial charge in [-0.25, -0.2) is 0 Å². The Balaban J connectivity index is 1.73. The highest BCUT2D eigenvalue weighted by Crippen LogP contribution is 2.16. The summed E-state index contributed by atoms with van der Waals surface area (Å²) in [5.41, 5.74) is 1.95. The minimum absolute atomic E-state index is 0.923. The second kappa shape index (κ2) is 5.39. The minimum Gasteiger partial charge on any atom is -0.0616 e. The van der Waals surface area contributed by atoms with Crippen LogP contribution in [-0.4, -0.2) is 0 Å². The van der Waals surface area contributed by atoms with Crippen LogP contribution in [0.25, 0.3) is 21.5 Å². The fourth-order valence-electron chi connectivity index (χ4n) is 2.60. The Kier molecular flexibility index (Phi) is 3.11. The van der Waals surface area contributed by atoms with E-state index in [2.05, 4.69) is 78.6 Å². The second-order valence-corrected chi connectivity index (χ2v) is 5.27. The van der Waals surface area contributed by atoms with Crippen molar-refractivity contribution in [2.24, 2.45) is 0 Å². The first-order chi connectivity index (χ1) is 10.9. The second-order valence-electron chi connectivity index (χ2n) is 5.27. The first kappa shape index (κ1) is 12.7. The van der Waals surface area contributed by atoms with Crippen LogP contribution in [0.3, 0.4) is 0 Å². The van der Waals surface area contributed by atoms with E-state index in [1.807, 2.05) is 18.2 Å². The lowest BCUT2D eigenvalue weighted by molar-refractivity contribution is 1.66. The van der Waals surface area contributed by atoms with Crippen LogP contribution >= 0.6 is 0 Å². The maximum atomic E-state index is 3.36. The summed E-state index contributed by atoms with van der Waals surface area (Å²) in [5.74, 6) is 6.45. The maximum absolute atomic E-state index is 3.36. The largest absolute Gasteiger partial charge is 0.0616 e. The monoisotopic (exact) mass is 277 g/mol. The van der Waals surface area contributed by atoms with Gasteiger partial charge in [-0.05, 0) is 39.7 Å². The lowest BCUT2D eigenvalue weighted by atomic mass is 10.1. The molecule has 0 spiro atoms. The van der Waals surface area contributed by atoms with Crippen molar-refractivity contribution in [3.8, 4) is 11.8 Å². The fourth-order valence-corrected chi connectivity index (χ4v) is 2.60. The Morgan fingerprint density at radius 2 is 1.32 bits per heavy atom. The molecule has 0 aliphatic heterocycles. The molecule has 0 saturated carbocycles. The molecule has 0 heteroatoms. The van der Waals surface area contributed by atoms with E-state index in [1.54, 1.807) is 0 Å². The molecule has 0 nitrogen and oxygen atoms in total. The average Bonchev–Trinajstić information content (AvgIpc) is 2.59. The van der Waals surface area contributed by atoms with Gasteiger partial charge in [0.05, 0.1) is 0 Å². The van der Waals surface area contributed by atoms with E-state index in [-0.39, 0.29) is 0 Å². The lowest BCUT2D eigenvalue weighted by Crippen LogP contribution is -1.79. The number of benzene rings is 4. The van der Waals surface area contributed by atoms with E-state index in [0.717, 1.165) is 16.5 Å².